The van der Waals surface area contributed by atoms with E-state index in [4.69, 9.17) is 9.47 Å². The molecule has 0 bridgehead atoms. The number of thiazole rings is 1. The molecule has 3 aromatic carbocycles. The second-order valence-electron chi connectivity index (χ2n) is 7.28. The van der Waals surface area contributed by atoms with Crippen LogP contribution >= 0.6 is 11.3 Å². The molecule has 0 aliphatic carbocycles. The van der Waals surface area contributed by atoms with Crippen LogP contribution in [0.3, 0.4) is 0 Å². The predicted octanol–water partition coefficient (Wildman–Crippen LogP) is 4.07. The Bertz CT molecular complexity index is 1760. The van der Waals surface area contributed by atoms with Gasteiger partial charge in [0.05, 0.1) is 38.6 Å². The number of nitro benzene ring substituents is 2. The fourth-order valence-corrected chi connectivity index (χ4v) is 4.61. The Balaban J connectivity index is 1.67. The van der Waals surface area contributed by atoms with Gasteiger partial charge in [-0.2, -0.15) is 0 Å². The Labute approximate surface area is 199 Å². The minimum Gasteiger partial charge on any atom is -0.493 e. The van der Waals surface area contributed by atoms with Crippen LogP contribution in [-0.4, -0.2) is 26.3 Å². The quantitative estimate of drug-likeness (QED) is 0.256. The van der Waals surface area contributed by atoms with Crippen LogP contribution in [0.2, 0.25) is 0 Å². The van der Waals surface area contributed by atoms with E-state index in [0.717, 1.165) is 18.2 Å². The average molecular weight is 490 g/mol. The van der Waals surface area contributed by atoms with Crippen molar-refractivity contribution in [3.63, 3.8) is 0 Å². The van der Waals surface area contributed by atoms with Crippen LogP contribution in [0.15, 0.2) is 65.5 Å². The molecule has 0 aliphatic rings. The van der Waals surface area contributed by atoms with Gasteiger partial charge in [-0.1, -0.05) is 35.6 Å². The zero-order chi connectivity index (χ0) is 24.7. The van der Waals surface area contributed by atoms with Gasteiger partial charge in [0.15, 0.2) is 16.5 Å². The van der Waals surface area contributed by atoms with E-state index in [-0.39, 0.29) is 22.8 Å². The van der Waals surface area contributed by atoms with Crippen LogP contribution in [0.5, 0.6) is 17.2 Å². The lowest BCUT2D eigenvalue weighted by molar-refractivity contribution is -0.394. The summed E-state index contributed by atoms with van der Waals surface area (Å²) in [6.07, 6.45) is 1.59. The summed E-state index contributed by atoms with van der Waals surface area (Å²) in [5.74, 6) is 0.155. The van der Waals surface area contributed by atoms with Crippen molar-refractivity contribution in [2.45, 2.75) is 0 Å². The van der Waals surface area contributed by atoms with Gasteiger partial charge >= 0.3 is 5.69 Å². The number of non-ortho nitro benzene ring substituents is 1. The summed E-state index contributed by atoms with van der Waals surface area (Å²) in [6.45, 7) is 0. The normalized spacial score (nSPS) is 11.7. The maximum Gasteiger partial charge on any atom is 0.318 e. The van der Waals surface area contributed by atoms with Gasteiger partial charge in [-0.25, -0.2) is 9.38 Å². The van der Waals surface area contributed by atoms with E-state index in [0.29, 0.717) is 26.1 Å². The monoisotopic (exact) mass is 490 g/mol. The van der Waals surface area contributed by atoms with Crippen LogP contribution in [0.25, 0.3) is 22.1 Å². The summed E-state index contributed by atoms with van der Waals surface area (Å²) < 4.78 is 13.1. The van der Waals surface area contributed by atoms with E-state index in [1.54, 1.807) is 30.3 Å². The lowest BCUT2D eigenvalue weighted by Gasteiger charge is -2.13. The van der Waals surface area contributed by atoms with E-state index in [1.807, 2.05) is 18.2 Å². The molecule has 5 aromatic rings. The topological polar surface area (TPSA) is 139 Å². The van der Waals surface area contributed by atoms with Gasteiger partial charge in [0.25, 0.3) is 11.2 Å². The Morgan fingerprint density at radius 2 is 1.80 bits per heavy atom. The number of benzene rings is 3. The summed E-state index contributed by atoms with van der Waals surface area (Å²) in [7, 11) is 1.40. The first-order chi connectivity index (χ1) is 16.9. The van der Waals surface area contributed by atoms with E-state index in [9.17, 15) is 25.0 Å². The fourth-order valence-electron chi connectivity index (χ4n) is 3.63. The third-order valence-electron chi connectivity index (χ3n) is 5.22. The van der Waals surface area contributed by atoms with Gasteiger partial charge in [0.1, 0.15) is 0 Å². The highest BCUT2D eigenvalue weighted by Gasteiger charge is 2.23. The van der Waals surface area contributed by atoms with Crippen LogP contribution in [0.1, 0.15) is 5.56 Å². The van der Waals surface area contributed by atoms with E-state index >= 15 is 0 Å². The molecule has 0 aliphatic heterocycles. The number of hydrogen-bond donors (Lipinski definition) is 0. The first-order valence-electron chi connectivity index (χ1n) is 10.1. The molecule has 0 saturated carbocycles. The van der Waals surface area contributed by atoms with Gasteiger partial charge in [-0.15, -0.1) is 0 Å². The van der Waals surface area contributed by atoms with E-state index < -0.39 is 21.2 Å². The molecule has 0 unspecified atom stereocenters. The highest BCUT2D eigenvalue weighted by molar-refractivity contribution is 7.15. The van der Waals surface area contributed by atoms with Crippen LogP contribution in [-0.2, 0) is 0 Å². The number of nitro groups is 2. The lowest BCUT2D eigenvalue weighted by Crippen LogP contribution is -2.22. The Morgan fingerprint density at radius 1 is 1.00 bits per heavy atom. The van der Waals surface area contributed by atoms with Crippen LogP contribution in [0.4, 0.5) is 11.4 Å². The molecular weight excluding hydrogens is 476 g/mol. The Kier molecular flexibility index (Phi) is 5.34. The van der Waals surface area contributed by atoms with Crippen molar-refractivity contribution in [2.75, 3.05) is 7.11 Å². The van der Waals surface area contributed by atoms with Crippen LogP contribution in [0, 0.1) is 20.2 Å². The minimum absolute atomic E-state index is 0.113. The minimum atomic E-state index is -0.768. The summed E-state index contributed by atoms with van der Waals surface area (Å²) in [4.78, 5) is 39.3. The van der Waals surface area contributed by atoms with Crippen molar-refractivity contribution in [3.8, 4) is 17.2 Å². The molecule has 0 radical (unpaired) electrons. The fraction of sp³-hybridized carbons (Fsp3) is 0.0435. The Hall–Kier alpha value is -4.84. The number of methoxy groups -OCH3 is 1. The molecule has 2 aromatic heterocycles. The van der Waals surface area contributed by atoms with Gasteiger partial charge in [-0.3, -0.25) is 25.0 Å². The molecule has 11 nitrogen and oxygen atoms in total. The molecular formula is C23H14N4O7S. The van der Waals surface area contributed by atoms with Crippen molar-refractivity contribution < 1.29 is 19.3 Å². The molecule has 0 spiro atoms. The summed E-state index contributed by atoms with van der Waals surface area (Å²) >= 11 is 1.19. The number of hydrogen-bond acceptors (Lipinski definition) is 9. The van der Waals surface area contributed by atoms with E-state index in [2.05, 4.69) is 4.98 Å². The molecule has 0 atom stereocenters. The standard InChI is InChI=1S/C23H14N4O7S/c1-33-19-8-4-5-13(21(19)34-18-10-9-14(26(29)30)12-17(18)27(31)32)11-20-22(28)25-16-7-3-2-6-15(16)24-23(25)35-20/h2-12H,1H3. The zero-order valence-corrected chi connectivity index (χ0v) is 18.7. The third kappa shape index (κ3) is 3.81. The van der Waals surface area contributed by atoms with Crippen molar-refractivity contribution in [3.05, 3.63) is 101 Å². The Morgan fingerprint density at radius 3 is 2.54 bits per heavy atom. The van der Waals surface area contributed by atoms with Crippen molar-refractivity contribution in [2.24, 2.45) is 0 Å². The summed E-state index contributed by atoms with van der Waals surface area (Å²) in [5.41, 5.74) is 0.518. The van der Waals surface area contributed by atoms with Crippen molar-refractivity contribution in [1.29, 1.82) is 0 Å². The summed E-state index contributed by atoms with van der Waals surface area (Å²) in [5, 5.41) is 22.6. The van der Waals surface area contributed by atoms with Crippen LogP contribution < -0.4 is 19.6 Å². The second kappa shape index (κ2) is 8.50. The largest absolute Gasteiger partial charge is 0.493 e. The number of aromatic nitrogens is 2. The van der Waals surface area contributed by atoms with Gasteiger partial charge in [-0.05, 0) is 30.3 Å². The highest BCUT2D eigenvalue weighted by atomic mass is 32.1. The molecule has 0 N–H and O–H groups in total. The number of rotatable bonds is 6. The number of fused-ring (bicyclic) bond motifs is 3. The number of ether oxygens (including phenoxy) is 2. The van der Waals surface area contributed by atoms with Crippen molar-refractivity contribution in [1.82, 2.24) is 9.38 Å². The molecule has 35 heavy (non-hydrogen) atoms. The number of para-hydroxylation sites is 3. The maximum atomic E-state index is 13.2. The van der Waals surface area contributed by atoms with E-state index in [1.165, 1.54) is 22.8 Å². The third-order valence-corrected chi connectivity index (χ3v) is 6.19. The van der Waals surface area contributed by atoms with Gasteiger partial charge in [0, 0.05) is 11.6 Å². The molecule has 5 rings (SSSR count). The predicted molar refractivity (Wildman–Crippen MR) is 128 cm³/mol. The molecule has 0 fully saturated rings. The van der Waals surface area contributed by atoms with Gasteiger partial charge in [0.2, 0.25) is 5.75 Å². The number of imidazole rings is 1. The highest BCUT2D eigenvalue weighted by Crippen LogP contribution is 2.40. The number of nitrogens with zero attached hydrogens (tertiary/aromatic N) is 4. The zero-order valence-electron chi connectivity index (χ0n) is 17.9. The molecule has 174 valence electrons. The summed E-state index contributed by atoms with van der Waals surface area (Å²) in [6, 6.07) is 15.3. The van der Waals surface area contributed by atoms with Gasteiger partial charge < -0.3 is 9.47 Å². The first-order valence-corrected chi connectivity index (χ1v) is 10.9. The molecule has 0 amide bonds. The van der Waals surface area contributed by atoms with Crippen molar-refractivity contribution >= 4 is 44.8 Å². The lowest BCUT2D eigenvalue weighted by atomic mass is 10.1. The maximum absolute atomic E-state index is 13.2. The molecule has 12 heteroatoms. The first kappa shape index (κ1) is 22.0. The SMILES string of the molecule is COc1cccc(C=c2sc3nc4ccccc4n3c2=O)c1Oc1ccc([N+](=O)[O-])cc1[N+](=O)[O-]. The average Bonchev–Trinajstić information content (AvgIpc) is 3.35. The second-order valence-corrected chi connectivity index (χ2v) is 8.29. The smallest absolute Gasteiger partial charge is 0.318 e. The molecule has 2 heterocycles. The molecule has 0 saturated heterocycles.